The van der Waals surface area contributed by atoms with Gasteiger partial charge in [0.05, 0.1) is 0 Å². The van der Waals surface area contributed by atoms with Gasteiger partial charge in [-0.2, -0.15) is 0 Å². The molecule has 0 saturated carbocycles. The van der Waals surface area contributed by atoms with Gasteiger partial charge in [-0.15, -0.1) is 0 Å². The number of unbranched alkanes of at least 4 members (excludes halogenated alkanes) is 13. The van der Waals surface area contributed by atoms with Gasteiger partial charge in [-0.1, -0.05) is 137 Å². The van der Waals surface area contributed by atoms with Crippen molar-refractivity contribution in [1.82, 2.24) is 0 Å². The molecule has 0 spiro atoms. The molecule has 0 saturated heterocycles. The average molecular weight is 439 g/mol. The largest absolute Gasteiger partial charge is 0.325 e. The summed E-state index contributed by atoms with van der Waals surface area (Å²) in [5.41, 5.74) is 14.2. The van der Waals surface area contributed by atoms with Crippen molar-refractivity contribution < 1.29 is 0 Å². The third-order valence-corrected chi connectivity index (χ3v) is 7.48. The Hall–Kier alpha value is -0.0800. The minimum atomic E-state index is 0.0113. The molecule has 0 amide bonds. The van der Waals surface area contributed by atoms with Gasteiger partial charge in [0.1, 0.15) is 0 Å². The normalized spacial score (nSPS) is 14.1. The molecule has 0 aromatic rings. The Morgan fingerprint density at radius 1 is 0.323 bits per heavy atom. The Bertz CT molecular complexity index is 356. The van der Waals surface area contributed by atoms with Crippen LogP contribution in [0.25, 0.3) is 0 Å². The fourth-order valence-electron chi connectivity index (χ4n) is 5.04. The van der Waals surface area contributed by atoms with E-state index in [0.29, 0.717) is 0 Å². The van der Waals surface area contributed by atoms with E-state index in [0.717, 1.165) is 12.8 Å². The second-order valence-corrected chi connectivity index (χ2v) is 10.8. The Kier molecular flexibility index (Phi) is 20.5. The number of nitrogens with two attached hydrogens (primary N) is 2. The van der Waals surface area contributed by atoms with Crippen LogP contribution in [0.4, 0.5) is 0 Å². The van der Waals surface area contributed by atoms with E-state index in [-0.39, 0.29) is 11.1 Å². The molecule has 0 radical (unpaired) electrons. The summed E-state index contributed by atoms with van der Waals surface area (Å²) in [7, 11) is 0. The van der Waals surface area contributed by atoms with Crippen LogP contribution < -0.4 is 11.5 Å². The standard InChI is InChI=1S/C29H62N2/c1-5-9-13-17-21-25-29(31,24-20-16-12-8-4)27-26-28(30,22-18-14-10-6-2)23-19-15-11-7-3/h5-27,30-31H2,1-4H3. The van der Waals surface area contributed by atoms with Crippen LogP contribution in [0.1, 0.15) is 175 Å². The van der Waals surface area contributed by atoms with Gasteiger partial charge in [-0.25, -0.2) is 0 Å². The molecule has 0 aromatic heterocycles. The highest BCUT2D eigenvalue weighted by Crippen LogP contribution is 2.32. The average Bonchev–Trinajstić information content (AvgIpc) is 2.76. The summed E-state index contributed by atoms with van der Waals surface area (Å²) < 4.78 is 0. The van der Waals surface area contributed by atoms with Crippen molar-refractivity contribution >= 4 is 0 Å². The fraction of sp³-hybridized carbons (Fsp3) is 1.00. The van der Waals surface area contributed by atoms with E-state index < -0.39 is 0 Å². The van der Waals surface area contributed by atoms with Crippen LogP contribution in [-0.4, -0.2) is 11.1 Å². The van der Waals surface area contributed by atoms with E-state index in [1.165, 1.54) is 135 Å². The highest BCUT2D eigenvalue weighted by Gasteiger charge is 2.30. The van der Waals surface area contributed by atoms with E-state index >= 15 is 0 Å². The van der Waals surface area contributed by atoms with Crippen LogP contribution in [0.3, 0.4) is 0 Å². The zero-order valence-corrected chi connectivity index (χ0v) is 22.4. The lowest BCUT2D eigenvalue weighted by Gasteiger charge is -2.36. The number of hydrogen-bond acceptors (Lipinski definition) is 2. The van der Waals surface area contributed by atoms with Crippen LogP contribution in [-0.2, 0) is 0 Å². The highest BCUT2D eigenvalue weighted by molar-refractivity contribution is 4.91. The van der Waals surface area contributed by atoms with Crippen LogP contribution in [0.15, 0.2) is 0 Å². The Morgan fingerprint density at radius 2 is 0.548 bits per heavy atom. The topological polar surface area (TPSA) is 52.0 Å². The summed E-state index contributed by atoms with van der Waals surface area (Å²) in [4.78, 5) is 0. The monoisotopic (exact) mass is 438 g/mol. The molecule has 0 aliphatic heterocycles. The molecule has 0 aliphatic carbocycles. The smallest absolute Gasteiger partial charge is 0.0155 e. The first-order valence-electron chi connectivity index (χ1n) is 14.5. The van der Waals surface area contributed by atoms with Gasteiger partial charge in [0, 0.05) is 11.1 Å². The molecule has 0 aliphatic rings. The highest BCUT2D eigenvalue weighted by atomic mass is 14.8. The first kappa shape index (κ1) is 30.9. The van der Waals surface area contributed by atoms with Gasteiger partial charge >= 0.3 is 0 Å². The second kappa shape index (κ2) is 20.5. The molecular formula is C29H62N2. The molecule has 0 fully saturated rings. The number of hydrogen-bond donors (Lipinski definition) is 2. The number of rotatable bonds is 24. The van der Waals surface area contributed by atoms with E-state index in [1.807, 2.05) is 0 Å². The molecule has 1 atom stereocenters. The van der Waals surface area contributed by atoms with Crippen LogP contribution in [0.5, 0.6) is 0 Å². The Morgan fingerprint density at radius 3 is 0.806 bits per heavy atom. The van der Waals surface area contributed by atoms with E-state index in [4.69, 9.17) is 11.5 Å². The SMILES string of the molecule is CCCCCCCC(N)(CCCCCC)CCC(N)(CCCCCC)CCCCCC. The summed E-state index contributed by atoms with van der Waals surface area (Å²) in [6, 6.07) is 0. The molecule has 0 heterocycles. The minimum absolute atomic E-state index is 0.0113. The summed E-state index contributed by atoms with van der Waals surface area (Å²) in [5.74, 6) is 0. The molecule has 1 unspecified atom stereocenters. The van der Waals surface area contributed by atoms with Crippen molar-refractivity contribution in [2.24, 2.45) is 11.5 Å². The Labute approximate surface area is 198 Å². The van der Waals surface area contributed by atoms with E-state index in [9.17, 15) is 0 Å². The maximum atomic E-state index is 7.10. The quantitative estimate of drug-likeness (QED) is 0.147. The lowest BCUT2D eigenvalue weighted by Crippen LogP contribution is -2.46. The maximum Gasteiger partial charge on any atom is 0.0155 e. The van der Waals surface area contributed by atoms with Crippen molar-refractivity contribution in [2.45, 2.75) is 186 Å². The first-order chi connectivity index (χ1) is 14.9. The molecule has 2 nitrogen and oxygen atoms in total. The molecule has 31 heavy (non-hydrogen) atoms. The van der Waals surface area contributed by atoms with Crippen molar-refractivity contribution in [3.63, 3.8) is 0 Å². The summed E-state index contributed by atoms with van der Waals surface area (Å²) in [6.45, 7) is 9.18. The van der Waals surface area contributed by atoms with Gasteiger partial charge in [-0.05, 0) is 38.5 Å². The van der Waals surface area contributed by atoms with E-state index in [1.54, 1.807) is 0 Å². The molecule has 2 heteroatoms. The van der Waals surface area contributed by atoms with Gasteiger partial charge in [0.25, 0.3) is 0 Å². The zero-order valence-electron chi connectivity index (χ0n) is 22.4. The van der Waals surface area contributed by atoms with Gasteiger partial charge < -0.3 is 11.5 Å². The Balaban J connectivity index is 4.82. The summed E-state index contributed by atoms with van der Waals surface area (Å²) in [5, 5.41) is 0. The van der Waals surface area contributed by atoms with Crippen molar-refractivity contribution in [2.75, 3.05) is 0 Å². The van der Waals surface area contributed by atoms with Gasteiger partial charge in [0.2, 0.25) is 0 Å². The van der Waals surface area contributed by atoms with Crippen molar-refractivity contribution in [3.8, 4) is 0 Å². The van der Waals surface area contributed by atoms with E-state index in [2.05, 4.69) is 27.7 Å². The molecule has 0 rings (SSSR count). The molecule has 4 N–H and O–H groups in total. The molecule has 188 valence electrons. The zero-order chi connectivity index (χ0) is 23.3. The fourth-order valence-corrected chi connectivity index (χ4v) is 5.04. The minimum Gasteiger partial charge on any atom is -0.325 e. The third-order valence-electron chi connectivity index (χ3n) is 7.48. The van der Waals surface area contributed by atoms with Crippen molar-refractivity contribution in [1.29, 1.82) is 0 Å². The molecule has 0 bridgehead atoms. The van der Waals surface area contributed by atoms with Gasteiger partial charge in [-0.3, -0.25) is 0 Å². The predicted octanol–water partition coefficient (Wildman–Crippen LogP) is 9.43. The molecular weight excluding hydrogens is 376 g/mol. The lowest BCUT2D eigenvalue weighted by atomic mass is 9.76. The van der Waals surface area contributed by atoms with Crippen LogP contribution in [0.2, 0.25) is 0 Å². The van der Waals surface area contributed by atoms with Gasteiger partial charge in [0.15, 0.2) is 0 Å². The first-order valence-corrected chi connectivity index (χ1v) is 14.5. The van der Waals surface area contributed by atoms with Crippen molar-refractivity contribution in [3.05, 3.63) is 0 Å². The lowest BCUT2D eigenvalue weighted by molar-refractivity contribution is 0.242. The molecule has 0 aromatic carbocycles. The second-order valence-electron chi connectivity index (χ2n) is 10.8. The predicted molar refractivity (Wildman–Crippen MR) is 143 cm³/mol. The summed E-state index contributed by atoms with van der Waals surface area (Å²) >= 11 is 0. The summed E-state index contributed by atoms with van der Waals surface area (Å²) in [6.07, 6.45) is 29.6. The van der Waals surface area contributed by atoms with Crippen LogP contribution >= 0.6 is 0 Å². The maximum absolute atomic E-state index is 7.10. The van der Waals surface area contributed by atoms with Crippen LogP contribution in [0, 0.1) is 0 Å². The third kappa shape index (κ3) is 18.1.